The molecule has 2 heteroatoms. The van der Waals surface area contributed by atoms with E-state index >= 15 is 0 Å². The van der Waals surface area contributed by atoms with Gasteiger partial charge in [0.25, 0.3) is 0 Å². The molecule has 0 fully saturated rings. The molecule has 0 saturated heterocycles. The van der Waals surface area contributed by atoms with Crippen molar-refractivity contribution >= 4 is 0 Å². The van der Waals surface area contributed by atoms with E-state index in [-0.39, 0.29) is 11.6 Å². The Labute approximate surface area is 118 Å². The van der Waals surface area contributed by atoms with Gasteiger partial charge in [-0.1, -0.05) is 25.1 Å². The molecule has 0 amide bonds. The SMILES string of the molecule is CCN(CCC(O)c1ccc(C)c(C)c1)C(C)(C)C. The fraction of sp³-hybridized carbons (Fsp3) is 0.647. The van der Waals surface area contributed by atoms with Gasteiger partial charge in [-0.25, -0.2) is 0 Å². The Morgan fingerprint density at radius 2 is 1.79 bits per heavy atom. The van der Waals surface area contributed by atoms with Crippen molar-refractivity contribution in [1.82, 2.24) is 4.90 Å². The van der Waals surface area contributed by atoms with Crippen LogP contribution in [0.1, 0.15) is 56.9 Å². The second kappa shape index (κ2) is 6.53. The second-order valence-electron chi connectivity index (χ2n) is 6.40. The molecule has 1 atom stereocenters. The minimum atomic E-state index is -0.365. The van der Waals surface area contributed by atoms with Gasteiger partial charge in [0.2, 0.25) is 0 Å². The molecule has 0 aliphatic rings. The molecule has 0 aliphatic carbocycles. The zero-order valence-electron chi connectivity index (χ0n) is 13.3. The lowest BCUT2D eigenvalue weighted by Gasteiger charge is -2.35. The molecule has 0 radical (unpaired) electrons. The summed E-state index contributed by atoms with van der Waals surface area (Å²) in [6, 6.07) is 6.24. The third-order valence-corrected chi connectivity index (χ3v) is 3.92. The van der Waals surface area contributed by atoms with E-state index in [4.69, 9.17) is 0 Å². The number of aryl methyl sites for hydroxylation is 2. The van der Waals surface area contributed by atoms with Gasteiger partial charge in [0.05, 0.1) is 6.10 Å². The molecule has 0 aliphatic heterocycles. The fourth-order valence-electron chi connectivity index (χ4n) is 2.38. The highest BCUT2D eigenvalue weighted by Gasteiger charge is 2.20. The second-order valence-corrected chi connectivity index (χ2v) is 6.40. The molecule has 0 spiro atoms. The van der Waals surface area contributed by atoms with E-state index in [0.29, 0.717) is 0 Å². The van der Waals surface area contributed by atoms with Gasteiger partial charge in [-0.15, -0.1) is 0 Å². The van der Waals surface area contributed by atoms with Gasteiger partial charge < -0.3 is 5.11 Å². The molecule has 108 valence electrons. The zero-order valence-corrected chi connectivity index (χ0v) is 13.3. The first-order chi connectivity index (χ1) is 8.75. The normalized spacial score (nSPS) is 13.9. The maximum absolute atomic E-state index is 10.3. The molecule has 0 aromatic heterocycles. The monoisotopic (exact) mass is 263 g/mol. The van der Waals surface area contributed by atoms with Crippen molar-refractivity contribution in [3.05, 3.63) is 34.9 Å². The lowest BCUT2D eigenvalue weighted by molar-refractivity contribution is 0.0997. The van der Waals surface area contributed by atoms with Crippen LogP contribution in [0, 0.1) is 13.8 Å². The number of benzene rings is 1. The van der Waals surface area contributed by atoms with Gasteiger partial charge >= 0.3 is 0 Å². The molecule has 1 aromatic rings. The quantitative estimate of drug-likeness (QED) is 0.872. The summed E-state index contributed by atoms with van der Waals surface area (Å²) in [5.41, 5.74) is 3.73. The van der Waals surface area contributed by atoms with Crippen molar-refractivity contribution in [2.24, 2.45) is 0 Å². The summed E-state index contributed by atoms with van der Waals surface area (Å²) in [5.74, 6) is 0. The molecule has 0 bridgehead atoms. The van der Waals surface area contributed by atoms with Crippen molar-refractivity contribution in [3.63, 3.8) is 0 Å². The number of rotatable bonds is 5. The largest absolute Gasteiger partial charge is 0.388 e. The average Bonchev–Trinajstić information content (AvgIpc) is 2.31. The lowest BCUT2D eigenvalue weighted by Crippen LogP contribution is -2.42. The van der Waals surface area contributed by atoms with Gasteiger partial charge in [-0.05, 0) is 64.3 Å². The van der Waals surface area contributed by atoms with Crippen LogP contribution in [-0.4, -0.2) is 28.6 Å². The van der Waals surface area contributed by atoms with Gasteiger partial charge in [0, 0.05) is 12.1 Å². The standard InChI is InChI=1S/C17H29NO/c1-7-18(17(4,5)6)11-10-16(19)15-9-8-13(2)14(3)12-15/h8-9,12,16,19H,7,10-11H2,1-6H3. The number of hydrogen-bond donors (Lipinski definition) is 1. The van der Waals surface area contributed by atoms with Crippen LogP contribution in [0.3, 0.4) is 0 Å². The van der Waals surface area contributed by atoms with Crippen LogP contribution in [0.15, 0.2) is 18.2 Å². The Bertz CT molecular complexity index is 406. The summed E-state index contributed by atoms with van der Waals surface area (Å²) in [4.78, 5) is 2.40. The minimum absolute atomic E-state index is 0.164. The number of aliphatic hydroxyl groups excluding tert-OH is 1. The molecule has 1 aromatic carbocycles. The Balaban J connectivity index is 2.64. The minimum Gasteiger partial charge on any atom is -0.388 e. The van der Waals surface area contributed by atoms with Gasteiger partial charge in [-0.2, -0.15) is 0 Å². The molecule has 0 heterocycles. The molecule has 2 nitrogen and oxygen atoms in total. The Kier molecular flexibility index (Phi) is 5.57. The van der Waals surface area contributed by atoms with Crippen LogP contribution in [0.4, 0.5) is 0 Å². The van der Waals surface area contributed by atoms with E-state index in [0.717, 1.165) is 25.1 Å². The highest BCUT2D eigenvalue weighted by atomic mass is 16.3. The van der Waals surface area contributed by atoms with Crippen molar-refractivity contribution in [2.75, 3.05) is 13.1 Å². The Hall–Kier alpha value is -0.860. The van der Waals surface area contributed by atoms with Crippen LogP contribution < -0.4 is 0 Å². The summed E-state index contributed by atoms with van der Waals surface area (Å²) in [7, 11) is 0. The van der Waals surface area contributed by atoms with E-state index in [1.807, 2.05) is 6.07 Å². The maximum atomic E-state index is 10.3. The van der Waals surface area contributed by atoms with E-state index < -0.39 is 0 Å². The Morgan fingerprint density at radius 1 is 1.16 bits per heavy atom. The first-order valence-corrected chi connectivity index (χ1v) is 7.26. The van der Waals surface area contributed by atoms with Crippen LogP contribution in [0.25, 0.3) is 0 Å². The third-order valence-electron chi connectivity index (χ3n) is 3.92. The molecule has 1 rings (SSSR count). The molecule has 1 unspecified atom stereocenters. The smallest absolute Gasteiger partial charge is 0.0802 e. The Morgan fingerprint density at radius 3 is 2.26 bits per heavy atom. The van der Waals surface area contributed by atoms with Crippen molar-refractivity contribution in [2.45, 2.75) is 59.6 Å². The summed E-state index contributed by atoms with van der Waals surface area (Å²) in [6.07, 6.45) is 0.420. The van der Waals surface area contributed by atoms with E-state index in [9.17, 15) is 5.11 Å². The van der Waals surface area contributed by atoms with Crippen LogP contribution in [-0.2, 0) is 0 Å². The average molecular weight is 263 g/mol. The summed E-state index contributed by atoms with van der Waals surface area (Å²) < 4.78 is 0. The van der Waals surface area contributed by atoms with Crippen molar-refractivity contribution in [3.8, 4) is 0 Å². The predicted molar refractivity (Wildman–Crippen MR) is 82.5 cm³/mol. The summed E-state index contributed by atoms with van der Waals surface area (Å²) in [6.45, 7) is 15.0. The first kappa shape index (κ1) is 16.2. The van der Waals surface area contributed by atoms with Crippen molar-refractivity contribution in [1.29, 1.82) is 0 Å². The highest BCUT2D eigenvalue weighted by Crippen LogP contribution is 2.22. The number of hydrogen-bond acceptors (Lipinski definition) is 2. The maximum Gasteiger partial charge on any atom is 0.0802 e. The van der Waals surface area contributed by atoms with E-state index in [1.54, 1.807) is 0 Å². The van der Waals surface area contributed by atoms with Gasteiger partial charge in [0.15, 0.2) is 0 Å². The molecule has 1 N–H and O–H groups in total. The highest BCUT2D eigenvalue weighted by molar-refractivity contribution is 5.31. The molecular weight excluding hydrogens is 234 g/mol. The predicted octanol–water partition coefficient (Wildman–Crippen LogP) is 3.85. The number of aliphatic hydroxyl groups is 1. The summed E-state index contributed by atoms with van der Waals surface area (Å²) >= 11 is 0. The van der Waals surface area contributed by atoms with Crippen molar-refractivity contribution < 1.29 is 5.11 Å². The number of nitrogens with zero attached hydrogens (tertiary/aromatic N) is 1. The fourth-order valence-corrected chi connectivity index (χ4v) is 2.38. The third kappa shape index (κ3) is 4.63. The summed E-state index contributed by atoms with van der Waals surface area (Å²) in [5, 5.41) is 10.3. The molecule has 19 heavy (non-hydrogen) atoms. The lowest BCUT2D eigenvalue weighted by atomic mass is 9.99. The molecule has 0 saturated carbocycles. The first-order valence-electron chi connectivity index (χ1n) is 7.26. The van der Waals surface area contributed by atoms with E-state index in [2.05, 4.69) is 58.6 Å². The molecular formula is C17H29NO. The van der Waals surface area contributed by atoms with Crippen LogP contribution in [0.5, 0.6) is 0 Å². The van der Waals surface area contributed by atoms with Gasteiger partial charge in [0.1, 0.15) is 0 Å². The zero-order chi connectivity index (χ0) is 14.6. The van der Waals surface area contributed by atoms with Gasteiger partial charge in [-0.3, -0.25) is 4.90 Å². The van der Waals surface area contributed by atoms with Crippen LogP contribution in [0.2, 0.25) is 0 Å². The van der Waals surface area contributed by atoms with E-state index in [1.165, 1.54) is 11.1 Å². The van der Waals surface area contributed by atoms with Crippen LogP contribution >= 0.6 is 0 Å². The topological polar surface area (TPSA) is 23.5 Å².